The largest absolute Gasteiger partial charge is 0.336 e. The monoisotopic (exact) mass is 369 g/mol. The topological polar surface area (TPSA) is 4.93 Å². The number of hydrogen-bond donors (Lipinski definition) is 0. The molecule has 1 aromatic heterocycles. The average molecular weight is 370 g/mol. The van der Waals surface area contributed by atoms with Crippen LogP contribution in [0.3, 0.4) is 0 Å². The first-order chi connectivity index (χ1) is 13.5. The van der Waals surface area contributed by atoms with E-state index in [4.69, 9.17) is 0 Å². The highest BCUT2D eigenvalue weighted by Gasteiger charge is 2.48. The Kier molecular flexibility index (Phi) is 3.88. The normalized spacial score (nSPS) is 17.8. The molecule has 2 heterocycles. The number of allylic oxidation sites excluding steroid dienone is 2. The molecule has 0 amide bonds. The molecule has 0 spiro atoms. The van der Waals surface area contributed by atoms with Crippen molar-refractivity contribution in [1.29, 1.82) is 0 Å². The number of fused-ring (bicyclic) bond motifs is 4. The number of aryl methyl sites for hydroxylation is 1. The minimum Gasteiger partial charge on any atom is -0.336 e. The zero-order valence-electron chi connectivity index (χ0n) is 17.8. The van der Waals surface area contributed by atoms with Crippen molar-refractivity contribution < 1.29 is 0 Å². The van der Waals surface area contributed by atoms with Crippen LogP contribution in [0.15, 0.2) is 54.1 Å². The first kappa shape index (κ1) is 17.8. The van der Waals surface area contributed by atoms with Gasteiger partial charge in [-0.25, -0.2) is 0 Å². The van der Waals surface area contributed by atoms with Gasteiger partial charge in [0.2, 0.25) is 0 Å². The van der Waals surface area contributed by atoms with Crippen molar-refractivity contribution in [2.45, 2.75) is 59.4 Å². The molecular formula is C27H31N. The number of para-hydroxylation sites is 1. The maximum Gasteiger partial charge on any atom is 0.0494 e. The Morgan fingerprint density at radius 3 is 2.29 bits per heavy atom. The summed E-state index contributed by atoms with van der Waals surface area (Å²) in [5.74, 6) is 1.07. The van der Waals surface area contributed by atoms with Crippen LogP contribution in [0.2, 0.25) is 0 Å². The van der Waals surface area contributed by atoms with Crippen molar-refractivity contribution in [1.82, 2.24) is 4.57 Å². The highest BCUT2D eigenvalue weighted by molar-refractivity contribution is 5.94. The maximum atomic E-state index is 2.63. The quantitative estimate of drug-likeness (QED) is 0.459. The van der Waals surface area contributed by atoms with Gasteiger partial charge < -0.3 is 4.57 Å². The molecule has 0 N–H and O–H groups in total. The summed E-state index contributed by atoms with van der Waals surface area (Å²) in [6.45, 7) is 13.1. The Labute approximate surface area is 169 Å². The van der Waals surface area contributed by atoms with Crippen LogP contribution in [0, 0.1) is 11.8 Å². The van der Waals surface area contributed by atoms with Gasteiger partial charge in [0.05, 0.1) is 0 Å². The first-order valence-corrected chi connectivity index (χ1v) is 10.9. The van der Waals surface area contributed by atoms with Crippen LogP contribution in [0.5, 0.6) is 0 Å². The van der Waals surface area contributed by atoms with E-state index < -0.39 is 0 Å². The van der Waals surface area contributed by atoms with E-state index >= 15 is 0 Å². The third-order valence-corrected chi connectivity index (χ3v) is 7.52. The molecule has 28 heavy (non-hydrogen) atoms. The molecule has 2 aromatic carbocycles. The van der Waals surface area contributed by atoms with Crippen LogP contribution in [-0.2, 0) is 18.4 Å². The summed E-state index contributed by atoms with van der Waals surface area (Å²) < 4.78 is 2.63. The van der Waals surface area contributed by atoms with Gasteiger partial charge in [-0.3, -0.25) is 0 Å². The molecule has 0 saturated carbocycles. The number of aromatic nitrogens is 1. The highest BCUT2D eigenvalue weighted by Crippen LogP contribution is 2.57. The smallest absolute Gasteiger partial charge is 0.0494 e. The fourth-order valence-electron chi connectivity index (χ4n) is 6.50. The second-order valence-corrected chi connectivity index (χ2v) is 9.42. The first-order valence-electron chi connectivity index (χ1n) is 10.9. The Morgan fingerprint density at radius 1 is 0.857 bits per heavy atom. The van der Waals surface area contributed by atoms with E-state index in [1.165, 1.54) is 35.0 Å². The van der Waals surface area contributed by atoms with E-state index in [1.807, 2.05) is 0 Å². The molecule has 0 unspecified atom stereocenters. The van der Waals surface area contributed by atoms with E-state index in [2.05, 4.69) is 87.7 Å². The van der Waals surface area contributed by atoms with Gasteiger partial charge in [-0.05, 0) is 59.9 Å². The van der Waals surface area contributed by atoms with Crippen molar-refractivity contribution >= 4 is 16.5 Å². The van der Waals surface area contributed by atoms with E-state index in [-0.39, 0.29) is 5.41 Å². The van der Waals surface area contributed by atoms with Gasteiger partial charge in [-0.2, -0.15) is 0 Å². The average Bonchev–Trinajstić information content (AvgIpc) is 2.89. The standard InChI is InChI=1S/C27H31N/c1-17(2)27(18(3)4)23-12-8-6-10-20(23)16-28-24-13-9-7-11-21(24)22-15-14-19(5)25(27)26(22)28/h6-13,17-18H,14-16H2,1-5H3. The van der Waals surface area contributed by atoms with Gasteiger partial charge in [-0.15, -0.1) is 0 Å². The van der Waals surface area contributed by atoms with Gasteiger partial charge in [0.1, 0.15) is 0 Å². The second kappa shape index (κ2) is 6.11. The molecule has 1 aliphatic carbocycles. The van der Waals surface area contributed by atoms with Gasteiger partial charge in [0.15, 0.2) is 0 Å². The van der Waals surface area contributed by atoms with Crippen molar-refractivity contribution in [3.05, 3.63) is 76.5 Å². The summed E-state index contributed by atoms with van der Waals surface area (Å²) in [5.41, 5.74) is 10.8. The van der Waals surface area contributed by atoms with Crippen molar-refractivity contribution in [2.75, 3.05) is 0 Å². The lowest BCUT2D eigenvalue weighted by atomic mass is 9.57. The van der Waals surface area contributed by atoms with Crippen molar-refractivity contribution in [3.63, 3.8) is 0 Å². The maximum absolute atomic E-state index is 2.63. The highest BCUT2D eigenvalue weighted by atomic mass is 15.0. The number of benzene rings is 2. The van der Waals surface area contributed by atoms with E-state index in [0.29, 0.717) is 11.8 Å². The van der Waals surface area contributed by atoms with Gasteiger partial charge in [0, 0.05) is 28.6 Å². The fourth-order valence-corrected chi connectivity index (χ4v) is 6.50. The minimum atomic E-state index is 0.0540. The zero-order chi connectivity index (χ0) is 19.6. The fraction of sp³-hybridized carbons (Fsp3) is 0.407. The zero-order valence-corrected chi connectivity index (χ0v) is 17.8. The van der Waals surface area contributed by atoms with Crippen molar-refractivity contribution in [3.8, 4) is 0 Å². The van der Waals surface area contributed by atoms with Gasteiger partial charge in [0.25, 0.3) is 0 Å². The van der Waals surface area contributed by atoms with Crippen molar-refractivity contribution in [2.24, 2.45) is 11.8 Å². The van der Waals surface area contributed by atoms with E-state index in [9.17, 15) is 0 Å². The minimum absolute atomic E-state index is 0.0540. The molecule has 3 aromatic rings. The van der Waals surface area contributed by atoms with Crippen LogP contribution in [0.1, 0.15) is 63.4 Å². The molecule has 0 atom stereocenters. The summed E-state index contributed by atoms with van der Waals surface area (Å²) in [5, 5.41) is 1.46. The van der Waals surface area contributed by atoms with Gasteiger partial charge >= 0.3 is 0 Å². The van der Waals surface area contributed by atoms with Crippen LogP contribution in [-0.4, -0.2) is 4.57 Å². The Hall–Kier alpha value is -2.28. The lowest BCUT2D eigenvalue weighted by Gasteiger charge is -2.46. The molecule has 0 saturated heterocycles. The molecule has 0 bridgehead atoms. The lowest BCUT2D eigenvalue weighted by Crippen LogP contribution is -2.41. The van der Waals surface area contributed by atoms with Crippen LogP contribution in [0.4, 0.5) is 0 Å². The molecule has 5 rings (SSSR count). The van der Waals surface area contributed by atoms with Crippen LogP contribution in [0.25, 0.3) is 16.5 Å². The molecule has 1 nitrogen and oxygen atoms in total. The summed E-state index contributed by atoms with van der Waals surface area (Å²) in [4.78, 5) is 0. The predicted octanol–water partition coefficient (Wildman–Crippen LogP) is 6.97. The molecule has 1 aliphatic heterocycles. The van der Waals surface area contributed by atoms with Gasteiger partial charge in [-0.1, -0.05) is 75.7 Å². The number of nitrogens with zero attached hydrogens (tertiary/aromatic N) is 1. The van der Waals surface area contributed by atoms with E-state index in [1.54, 1.807) is 22.3 Å². The summed E-state index contributed by atoms with van der Waals surface area (Å²) in [6, 6.07) is 18.3. The Morgan fingerprint density at radius 2 is 1.54 bits per heavy atom. The lowest BCUT2D eigenvalue weighted by molar-refractivity contribution is 0.295. The number of hydrogen-bond acceptors (Lipinski definition) is 0. The molecule has 0 fully saturated rings. The van der Waals surface area contributed by atoms with Crippen LogP contribution < -0.4 is 0 Å². The second-order valence-electron chi connectivity index (χ2n) is 9.42. The summed E-state index contributed by atoms with van der Waals surface area (Å²) in [6.07, 6.45) is 2.35. The summed E-state index contributed by atoms with van der Waals surface area (Å²) >= 11 is 0. The molecule has 0 radical (unpaired) electrons. The molecule has 144 valence electrons. The molecule has 2 aliphatic rings. The SMILES string of the molecule is CC1=C2c3c(c4ccccc4n3Cc3ccccc3C2(C(C)C)C(C)C)CC1. The van der Waals surface area contributed by atoms with Crippen LogP contribution >= 0.6 is 0 Å². The number of rotatable bonds is 2. The Balaban J connectivity index is 2.01. The van der Waals surface area contributed by atoms with E-state index in [0.717, 1.165) is 6.54 Å². The summed E-state index contributed by atoms with van der Waals surface area (Å²) in [7, 11) is 0. The third kappa shape index (κ3) is 2.08. The Bertz CT molecular complexity index is 1100. The predicted molar refractivity (Wildman–Crippen MR) is 120 cm³/mol. The molecule has 1 heteroatoms. The third-order valence-electron chi connectivity index (χ3n) is 7.52. The molecular weight excluding hydrogens is 338 g/mol.